The Morgan fingerprint density at radius 1 is 0.711 bits per heavy atom. The molecule has 1 fully saturated rings. The van der Waals surface area contributed by atoms with Crippen LogP contribution in [0.1, 0.15) is 83.0 Å². The number of aromatic hydroxyl groups is 2. The number of carbonyl (C=O) groups excluding carboxylic acids is 1. The third kappa shape index (κ3) is 5.18. The van der Waals surface area contributed by atoms with Gasteiger partial charge in [0.2, 0.25) is 5.91 Å². The molecule has 3 atom stereocenters. The standard InChI is InChI=1S/C33H41NO3S/c1-22(23-11-9-8-10-12-23)34-21-38-33(30(34)37,28(31(2,3)4)24-13-17-26(35)18-14-24)29(32(5,6)7)25-15-19-27(36)20-16-25/h8-20,22,28-29,35-36H,21H2,1-7H3. The SMILES string of the molecule is CC(c1ccccc1)N1CSC(C(c2ccc(O)cc2)C(C)(C)C)(C(c2ccc(O)cc2)C(C)(C)C)C1=O. The van der Waals surface area contributed by atoms with Crippen molar-refractivity contribution in [3.8, 4) is 11.5 Å². The molecular formula is C33H41NO3S. The Morgan fingerprint density at radius 3 is 1.53 bits per heavy atom. The number of carbonyl (C=O) groups is 1. The van der Waals surface area contributed by atoms with Gasteiger partial charge in [0.15, 0.2) is 0 Å². The summed E-state index contributed by atoms with van der Waals surface area (Å²) in [7, 11) is 0. The summed E-state index contributed by atoms with van der Waals surface area (Å²) < 4.78 is -0.826. The maximum atomic E-state index is 15.1. The van der Waals surface area contributed by atoms with Gasteiger partial charge in [0.1, 0.15) is 16.2 Å². The second-order valence-electron chi connectivity index (χ2n) is 12.7. The van der Waals surface area contributed by atoms with E-state index in [9.17, 15) is 10.2 Å². The highest BCUT2D eigenvalue weighted by Gasteiger charge is 2.63. The molecule has 1 aliphatic rings. The van der Waals surface area contributed by atoms with Crippen molar-refractivity contribution in [1.82, 2.24) is 4.90 Å². The van der Waals surface area contributed by atoms with E-state index in [1.807, 2.05) is 47.4 Å². The Kier molecular flexibility index (Phi) is 7.64. The molecule has 4 rings (SSSR count). The van der Waals surface area contributed by atoms with E-state index in [2.05, 4.69) is 60.6 Å². The highest BCUT2D eigenvalue weighted by molar-refractivity contribution is 8.02. The van der Waals surface area contributed by atoms with Crippen molar-refractivity contribution in [2.24, 2.45) is 10.8 Å². The Labute approximate surface area is 232 Å². The minimum atomic E-state index is -0.826. The fraction of sp³-hybridized carbons (Fsp3) is 0.424. The summed E-state index contributed by atoms with van der Waals surface area (Å²) >= 11 is 1.75. The molecule has 0 saturated carbocycles. The van der Waals surface area contributed by atoms with E-state index in [0.29, 0.717) is 5.88 Å². The zero-order chi connectivity index (χ0) is 27.9. The fourth-order valence-electron chi connectivity index (χ4n) is 6.42. The maximum absolute atomic E-state index is 15.1. The average Bonchev–Trinajstić information content (AvgIpc) is 3.17. The zero-order valence-corrected chi connectivity index (χ0v) is 24.4. The van der Waals surface area contributed by atoms with Crippen LogP contribution >= 0.6 is 11.8 Å². The number of amides is 1. The summed E-state index contributed by atoms with van der Waals surface area (Å²) in [5.41, 5.74) is 2.65. The summed E-state index contributed by atoms with van der Waals surface area (Å²) in [6.07, 6.45) is 0. The van der Waals surface area contributed by atoms with Gasteiger partial charge in [-0.1, -0.05) is 96.1 Å². The molecule has 0 bridgehead atoms. The molecule has 1 heterocycles. The minimum Gasteiger partial charge on any atom is -0.508 e. The summed E-state index contributed by atoms with van der Waals surface area (Å²) in [5, 5.41) is 20.2. The number of phenols is 2. The van der Waals surface area contributed by atoms with Crippen molar-refractivity contribution >= 4 is 17.7 Å². The molecular weight excluding hydrogens is 490 g/mol. The van der Waals surface area contributed by atoms with Gasteiger partial charge in [0, 0.05) is 11.8 Å². The predicted molar refractivity (Wildman–Crippen MR) is 157 cm³/mol. The van der Waals surface area contributed by atoms with E-state index in [1.165, 1.54) is 0 Å². The average molecular weight is 532 g/mol. The highest BCUT2D eigenvalue weighted by Crippen LogP contribution is 2.64. The number of thioether (sulfide) groups is 1. The van der Waals surface area contributed by atoms with Gasteiger partial charge in [0.25, 0.3) is 0 Å². The normalized spacial score (nSPS) is 20.8. The maximum Gasteiger partial charge on any atom is 0.241 e. The second-order valence-corrected chi connectivity index (χ2v) is 13.9. The zero-order valence-electron chi connectivity index (χ0n) is 23.6. The van der Waals surface area contributed by atoms with E-state index >= 15 is 4.79 Å². The van der Waals surface area contributed by atoms with Crippen LogP contribution in [0.25, 0.3) is 0 Å². The summed E-state index contributed by atoms with van der Waals surface area (Å²) in [6.45, 7) is 15.4. The second kappa shape index (κ2) is 10.3. The first-order valence-electron chi connectivity index (χ1n) is 13.3. The van der Waals surface area contributed by atoms with Gasteiger partial charge in [-0.3, -0.25) is 4.79 Å². The first-order chi connectivity index (χ1) is 17.8. The van der Waals surface area contributed by atoms with E-state index in [4.69, 9.17) is 0 Å². The van der Waals surface area contributed by atoms with Crippen molar-refractivity contribution < 1.29 is 15.0 Å². The van der Waals surface area contributed by atoms with Crippen LogP contribution in [0.15, 0.2) is 78.9 Å². The summed E-state index contributed by atoms with van der Waals surface area (Å²) in [5.74, 6) is 0.847. The molecule has 0 aliphatic carbocycles. The van der Waals surface area contributed by atoms with Crippen LogP contribution in [0, 0.1) is 10.8 Å². The van der Waals surface area contributed by atoms with Crippen LogP contribution in [-0.2, 0) is 4.79 Å². The molecule has 4 nitrogen and oxygen atoms in total. The molecule has 2 N–H and O–H groups in total. The molecule has 5 heteroatoms. The van der Waals surface area contributed by atoms with Crippen LogP contribution < -0.4 is 0 Å². The summed E-state index contributed by atoms with van der Waals surface area (Å²) in [6, 6.07) is 24.9. The Hall–Kier alpha value is -2.92. The largest absolute Gasteiger partial charge is 0.508 e. The van der Waals surface area contributed by atoms with Crippen molar-refractivity contribution in [2.45, 2.75) is 71.1 Å². The quantitative estimate of drug-likeness (QED) is 0.337. The summed E-state index contributed by atoms with van der Waals surface area (Å²) in [4.78, 5) is 17.1. The Balaban J connectivity index is 1.98. The lowest BCUT2D eigenvalue weighted by Crippen LogP contribution is -2.54. The lowest BCUT2D eigenvalue weighted by molar-refractivity contribution is -0.136. The van der Waals surface area contributed by atoms with Crippen LogP contribution in [0.2, 0.25) is 0 Å². The van der Waals surface area contributed by atoms with Crippen LogP contribution in [0.5, 0.6) is 11.5 Å². The Bertz CT molecular complexity index is 1180. The Morgan fingerprint density at radius 2 is 1.13 bits per heavy atom. The van der Waals surface area contributed by atoms with E-state index in [-0.39, 0.29) is 46.1 Å². The monoisotopic (exact) mass is 531 g/mol. The number of rotatable bonds is 6. The molecule has 3 aromatic carbocycles. The van der Waals surface area contributed by atoms with E-state index in [1.54, 1.807) is 36.0 Å². The number of hydrogen-bond acceptors (Lipinski definition) is 4. The number of benzene rings is 3. The smallest absolute Gasteiger partial charge is 0.241 e. The number of phenolic OH excluding ortho intramolecular Hbond substituents is 2. The lowest BCUT2D eigenvalue weighted by Gasteiger charge is -2.51. The van der Waals surface area contributed by atoms with Crippen molar-refractivity contribution in [3.63, 3.8) is 0 Å². The third-order valence-electron chi connectivity index (χ3n) is 7.83. The molecule has 38 heavy (non-hydrogen) atoms. The molecule has 3 unspecified atom stereocenters. The molecule has 3 aromatic rings. The van der Waals surface area contributed by atoms with Crippen molar-refractivity contribution in [2.75, 3.05) is 5.88 Å². The van der Waals surface area contributed by atoms with Gasteiger partial charge >= 0.3 is 0 Å². The molecule has 1 saturated heterocycles. The molecule has 0 radical (unpaired) electrons. The van der Waals surface area contributed by atoms with Gasteiger partial charge in [-0.2, -0.15) is 0 Å². The van der Waals surface area contributed by atoms with Gasteiger partial charge < -0.3 is 15.1 Å². The third-order valence-corrected chi connectivity index (χ3v) is 9.36. The number of nitrogens with zero attached hydrogens (tertiary/aromatic N) is 1. The van der Waals surface area contributed by atoms with Gasteiger partial charge in [-0.05, 0) is 58.7 Å². The van der Waals surface area contributed by atoms with E-state index in [0.717, 1.165) is 16.7 Å². The van der Waals surface area contributed by atoms with Crippen molar-refractivity contribution in [3.05, 3.63) is 95.6 Å². The van der Waals surface area contributed by atoms with Gasteiger partial charge in [-0.15, -0.1) is 11.8 Å². The molecule has 1 amide bonds. The van der Waals surface area contributed by atoms with Gasteiger partial charge in [-0.25, -0.2) is 0 Å². The van der Waals surface area contributed by atoms with Crippen LogP contribution in [0.4, 0.5) is 0 Å². The topological polar surface area (TPSA) is 60.8 Å². The first-order valence-corrected chi connectivity index (χ1v) is 14.3. The van der Waals surface area contributed by atoms with Crippen LogP contribution in [-0.4, -0.2) is 31.6 Å². The molecule has 0 spiro atoms. The lowest BCUT2D eigenvalue weighted by atomic mass is 9.58. The van der Waals surface area contributed by atoms with Crippen LogP contribution in [0.3, 0.4) is 0 Å². The first kappa shape index (κ1) is 28.1. The predicted octanol–water partition coefficient (Wildman–Crippen LogP) is 8.09. The molecule has 1 aliphatic heterocycles. The molecule has 0 aromatic heterocycles. The minimum absolute atomic E-state index is 0.0704. The van der Waals surface area contributed by atoms with E-state index < -0.39 is 4.75 Å². The molecule has 202 valence electrons. The van der Waals surface area contributed by atoms with Gasteiger partial charge in [0.05, 0.1) is 11.9 Å². The highest BCUT2D eigenvalue weighted by atomic mass is 32.2. The number of hydrogen-bond donors (Lipinski definition) is 2. The van der Waals surface area contributed by atoms with Crippen molar-refractivity contribution in [1.29, 1.82) is 0 Å². The fourth-order valence-corrected chi connectivity index (χ4v) is 8.66.